The van der Waals surface area contributed by atoms with Gasteiger partial charge in [-0.2, -0.15) is 0 Å². The zero-order valence-corrected chi connectivity index (χ0v) is 14.4. The van der Waals surface area contributed by atoms with Crippen LogP contribution < -0.4 is 5.73 Å². The van der Waals surface area contributed by atoms with E-state index in [1.54, 1.807) is 24.3 Å². The van der Waals surface area contributed by atoms with E-state index < -0.39 is 5.91 Å². The van der Waals surface area contributed by atoms with Gasteiger partial charge in [-0.15, -0.1) is 0 Å². The zero-order chi connectivity index (χ0) is 17.6. The minimum atomic E-state index is -0.474. The van der Waals surface area contributed by atoms with Crippen LogP contribution in [0.4, 0.5) is 0 Å². The molecule has 0 aromatic heterocycles. The quantitative estimate of drug-likeness (QED) is 0.911. The van der Waals surface area contributed by atoms with E-state index in [9.17, 15) is 9.59 Å². The second-order valence-electron chi connectivity index (χ2n) is 6.70. The smallest absolute Gasteiger partial charge is 0.253 e. The largest absolute Gasteiger partial charge is 0.366 e. The lowest BCUT2D eigenvalue weighted by atomic mass is 9.90. The Morgan fingerprint density at radius 3 is 2.12 bits per heavy atom. The molecule has 1 heterocycles. The first kappa shape index (κ1) is 17.2. The van der Waals surface area contributed by atoms with Crippen LogP contribution >= 0.6 is 0 Å². The Morgan fingerprint density at radius 1 is 0.920 bits per heavy atom. The molecule has 2 amide bonds. The van der Waals surface area contributed by atoms with Crippen molar-refractivity contribution in [2.75, 3.05) is 13.1 Å². The van der Waals surface area contributed by atoms with Crippen LogP contribution in [0.25, 0.3) is 0 Å². The number of nitrogens with two attached hydrogens (primary N) is 1. The number of primary amides is 1. The van der Waals surface area contributed by atoms with Crippen LogP contribution in [-0.4, -0.2) is 29.8 Å². The zero-order valence-electron chi connectivity index (χ0n) is 14.4. The summed E-state index contributed by atoms with van der Waals surface area (Å²) in [6.45, 7) is 1.60. The maximum Gasteiger partial charge on any atom is 0.253 e. The molecule has 0 atom stereocenters. The van der Waals surface area contributed by atoms with Crippen LogP contribution in [0.15, 0.2) is 54.6 Å². The fourth-order valence-corrected chi connectivity index (χ4v) is 3.40. The van der Waals surface area contributed by atoms with Gasteiger partial charge in [0.25, 0.3) is 5.91 Å². The Morgan fingerprint density at radius 2 is 1.52 bits per heavy atom. The third-order valence-corrected chi connectivity index (χ3v) is 5.00. The fourth-order valence-electron chi connectivity index (χ4n) is 3.40. The van der Waals surface area contributed by atoms with Crippen LogP contribution in [0.2, 0.25) is 0 Å². The van der Waals surface area contributed by atoms with Crippen LogP contribution in [0, 0.1) is 5.92 Å². The molecule has 4 nitrogen and oxygen atoms in total. The molecule has 0 spiro atoms. The van der Waals surface area contributed by atoms with E-state index in [2.05, 4.69) is 24.3 Å². The third kappa shape index (κ3) is 4.47. The van der Waals surface area contributed by atoms with Gasteiger partial charge in [-0.3, -0.25) is 9.59 Å². The number of rotatable bonds is 5. The molecule has 4 heteroatoms. The van der Waals surface area contributed by atoms with Crippen molar-refractivity contribution in [1.82, 2.24) is 4.90 Å². The van der Waals surface area contributed by atoms with Crippen molar-refractivity contribution in [3.05, 3.63) is 71.3 Å². The van der Waals surface area contributed by atoms with Gasteiger partial charge in [0.1, 0.15) is 0 Å². The van der Waals surface area contributed by atoms with Crippen molar-refractivity contribution in [3.63, 3.8) is 0 Å². The first-order chi connectivity index (χ1) is 12.1. The average molecular weight is 336 g/mol. The summed E-state index contributed by atoms with van der Waals surface area (Å²) in [6.07, 6.45) is 4.39. The first-order valence-electron chi connectivity index (χ1n) is 8.86. The van der Waals surface area contributed by atoms with Crippen LogP contribution in [0.1, 0.15) is 45.5 Å². The summed E-state index contributed by atoms with van der Waals surface area (Å²) in [7, 11) is 0. The van der Waals surface area contributed by atoms with Gasteiger partial charge in [-0.25, -0.2) is 0 Å². The highest BCUT2D eigenvalue weighted by Crippen LogP contribution is 2.23. The predicted molar refractivity (Wildman–Crippen MR) is 98.4 cm³/mol. The highest BCUT2D eigenvalue weighted by molar-refractivity contribution is 5.97. The molecular formula is C21H24N2O2. The molecule has 1 saturated heterocycles. The van der Waals surface area contributed by atoms with Gasteiger partial charge < -0.3 is 10.6 Å². The van der Waals surface area contributed by atoms with Gasteiger partial charge in [-0.05, 0) is 61.4 Å². The number of carbonyl (C=O) groups excluding carboxylic acids is 2. The molecular weight excluding hydrogens is 312 g/mol. The average Bonchev–Trinajstić information content (AvgIpc) is 2.67. The summed E-state index contributed by atoms with van der Waals surface area (Å²) in [6, 6.07) is 17.2. The van der Waals surface area contributed by atoms with Crippen molar-refractivity contribution in [2.45, 2.75) is 25.7 Å². The van der Waals surface area contributed by atoms with Crippen LogP contribution in [0.3, 0.4) is 0 Å². The van der Waals surface area contributed by atoms with E-state index in [0.29, 0.717) is 17.0 Å². The van der Waals surface area contributed by atoms with E-state index in [0.717, 1.165) is 32.4 Å². The van der Waals surface area contributed by atoms with E-state index in [1.165, 1.54) is 12.0 Å². The number of amides is 2. The maximum atomic E-state index is 12.6. The Bertz CT molecular complexity index is 717. The molecule has 0 aliphatic carbocycles. The lowest BCUT2D eigenvalue weighted by Crippen LogP contribution is -2.38. The molecule has 25 heavy (non-hydrogen) atoms. The normalized spacial score (nSPS) is 15.1. The van der Waals surface area contributed by atoms with E-state index >= 15 is 0 Å². The SMILES string of the molecule is NC(=O)c1ccc(C(=O)N2CCC(CCc3ccccc3)CC2)cc1. The van der Waals surface area contributed by atoms with Gasteiger partial charge in [0.15, 0.2) is 0 Å². The van der Waals surface area contributed by atoms with Gasteiger partial charge in [0.2, 0.25) is 5.91 Å². The van der Waals surface area contributed by atoms with Crippen LogP contribution in [0.5, 0.6) is 0 Å². The number of hydrogen-bond acceptors (Lipinski definition) is 2. The molecule has 2 aromatic carbocycles. The lowest BCUT2D eigenvalue weighted by Gasteiger charge is -2.32. The lowest BCUT2D eigenvalue weighted by molar-refractivity contribution is 0.0686. The molecule has 3 rings (SSSR count). The molecule has 1 aliphatic rings. The van der Waals surface area contributed by atoms with Crippen molar-refractivity contribution < 1.29 is 9.59 Å². The summed E-state index contributed by atoms with van der Waals surface area (Å²) in [5.74, 6) is 0.247. The van der Waals surface area contributed by atoms with Crippen LogP contribution in [-0.2, 0) is 6.42 Å². The second kappa shape index (κ2) is 7.97. The minimum absolute atomic E-state index is 0.0394. The number of piperidine rings is 1. The number of hydrogen-bond donors (Lipinski definition) is 1. The molecule has 0 saturated carbocycles. The van der Waals surface area contributed by atoms with E-state index in [4.69, 9.17) is 5.73 Å². The highest BCUT2D eigenvalue weighted by atomic mass is 16.2. The molecule has 130 valence electrons. The number of nitrogens with zero attached hydrogens (tertiary/aromatic N) is 1. The van der Waals surface area contributed by atoms with Crippen molar-refractivity contribution >= 4 is 11.8 Å². The van der Waals surface area contributed by atoms with Crippen molar-refractivity contribution in [3.8, 4) is 0 Å². The topological polar surface area (TPSA) is 63.4 Å². The summed E-state index contributed by atoms with van der Waals surface area (Å²) < 4.78 is 0. The molecule has 2 N–H and O–H groups in total. The Kier molecular flexibility index (Phi) is 5.49. The van der Waals surface area contributed by atoms with Gasteiger partial charge in [-0.1, -0.05) is 30.3 Å². The van der Waals surface area contributed by atoms with Gasteiger partial charge >= 0.3 is 0 Å². The second-order valence-corrected chi connectivity index (χ2v) is 6.70. The number of carbonyl (C=O) groups is 2. The van der Waals surface area contributed by atoms with E-state index in [1.807, 2.05) is 11.0 Å². The third-order valence-electron chi connectivity index (χ3n) is 5.00. The molecule has 1 fully saturated rings. The molecule has 0 radical (unpaired) electrons. The van der Waals surface area contributed by atoms with Crippen molar-refractivity contribution in [2.24, 2.45) is 11.7 Å². The van der Waals surface area contributed by atoms with Crippen molar-refractivity contribution in [1.29, 1.82) is 0 Å². The molecule has 2 aromatic rings. The number of aryl methyl sites for hydroxylation is 1. The molecule has 1 aliphatic heterocycles. The predicted octanol–water partition coefficient (Wildman–Crippen LogP) is 3.27. The number of likely N-dealkylation sites (tertiary alicyclic amines) is 1. The molecule has 0 unspecified atom stereocenters. The molecule has 0 bridgehead atoms. The van der Waals surface area contributed by atoms with Gasteiger partial charge in [0.05, 0.1) is 0 Å². The standard InChI is InChI=1S/C21H24N2O2/c22-20(24)18-8-10-19(11-9-18)21(25)23-14-12-17(13-15-23)7-6-16-4-2-1-3-5-16/h1-5,8-11,17H,6-7,12-15H2,(H2,22,24). The highest BCUT2D eigenvalue weighted by Gasteiger charge is 2.23. The Labute approximate surface area is 148 Å². The van der Waals surface area contributed by atoms with Gasteiger partial charge in [0, 0.05) is 24.2 Å². The monoisotopic (exact) mass is 336 g/mol. The summed E-state index contributed by atoms with van der Waals surface area (Å²) in [5, 5.41) is 0. The first-order valence-corrected chi connectivity index (χ1v) is 8.86. The Hall–Kier alpha value is -2.62. The fraction of sp³-hybridized carbons (Fsp3) is 0.333. The maximum absolute atomic E-state index is 12.6. The minimum Gasteiger partial charge on any atom is -0.366 e. The number of benzene rings is 2. The summed E-state index contributed by atoms with van der Waals surface area (Å²) in [4.78, 5) is 25.6. The summed E-state index contributed by atoms with van der Waals surface area (Å²) >= 11 is 0. The Balaban J connectivity index is 1.49. The summed E-state index contributed by atoms with van der Waals surface area (Å²) in [5.41, 5.74) is 7.66. The van der Waals surface area contributed by atoms with E-state index in [-0.39, 0.29) is 5.91 Å².